The van der Waals surface area contributed by atoms with Gasteiger partial charge in [0.15, 0.2) is 0 Å². The van der Waals surface area contributed by atoms with Crippen LogP contribution in [-0.4, -0.2) is 41.7 Å². The van der Waals surface area contributed by atoms with Crippen molar-refractivity contribution in [1.82, 2.24) is 9.47 Å². The molecule has 2 rings (SSSR count). The second-order valence-electron chi connectivity index (χ2n) is 5.01. The standard InChI is InChI=1S/C14H22N2O2/c1-15-9-4-8-13(15)14(17)16(2)10-3-6-12-7-5-11-18-12/h4,8-9,12H,3,5-7,10-11H2,1-2H3. The quantitative estimate of drug-likeness (QED) is 0.801. The Balaban J connectivity index is 1.75. The Morgan fingerprint density at radius 3 is 3.06 bits per heavy atom. The van der Waals surface area contributed by atoms with Crippen molar-refractivity contribution in [3.8, 4) is 0 Å². The van der Waals surface area contributed by atoms with Gasteiger partial charge in [0.2, 0.25) is 0 Å². The number of hydrogen-bond donors (Lipinski definition) is 0. The van der Waals surface area contributed by atoms with Crippen molar-refractivity contribution in [2.24, 2.45) is 7.05 Å². The average molecular weight is 250 g/mol. The highest BCUT2D eigenvalue weighted by molar-refractivity contribution is 5.92. The van der Waals surface area contributed by atoms with E-state index < -0.39 is 0 Å². The molecular weight excluding hydrogens is 228 g/mol. The Morgan fingerprint density at radius 2 is 2.44 bits per heavy atom. The molecule has 1 fully saturated rings. The van der Waals surface area contributed by atoms with E-state index in [-0.39, 0.29) is 5.91 Å². The molecule has 0 bridgehead atoms. The van der Waals surface area contributed by atoms with Gasteiger partial charge in [-0.15, -0.1) is 0 Å². The molecule has 1 atom stereocenters. The van der Waals surface area contributed by atoms with Gasteiger partial charge >= 0.3 is 0 Å². The smallest absolute Gasteiger partial charge is 0.270 e. The molecule has 0 saturated carbocycles. The zero-order valence-electron chi connectivity index (χ0n) is 11.3. The van der Waals surface area contributed by atoms with Gasteiger partial charge in [0.1, 0.15) is 5.69 Å². The molecule has 4 heteroatoms. The van der Waals surface area contributed by atoms with E-state index in [4.69, 9.17) is 4.74 Å². The summed E-state index contributed by atoms with van der Waals surface area (Å²) < 4.78 is 7.44. The lowest BCUT2D eigenvalue weighted by Crippen LogP contribution is -2.29. The highest BCUT2D eigenvalue weighted by atomic mass is 16.5. The van der Waals surface area contributed by atoms with Gasteiger partial charge in [-0.2, -0.15) is 0 Å². The number of ether oxygens (including phenoxy) is 1. The first-order valence-electron chi connectivity index (χ1n) is 6.67. The van der Waals surface area contributed by atoms with Crippen molar-refractivity contribution in [3.63, 3.8) is 0 Å². The van der Waals surface area contributed by atoms with Crippen molar-refractivity contribution in [2.45, 2.75) is 31.8 Å². The van der Waals surface area contributed by atoms with E-state index in [0.29, 0.717) is 6.10 Å². The molecule has 0 aromatic carbocycles. The number of carbonyl (C=O) groups is 1. The van der Waals surface area contributed by atoms with Crippen molar-refractivity contribution in [1.29, 1.82) is 0 Å². The van der Waals surface area contributed by atoms with Gasteiger partial charge in [-0.05, 0) is 37.8 Å². The van der Waals surface area contributed by atoms with Crippen LogP contribution in [0.5, 0.6) is 0 Å². The lowest BCUT2D eigenvalue weighted by atomic mass is 10.1. The molecule has 1 aromatic heterocycles. The fraction of sp³-hybridized carbons (Fsp3) is 0.643. The van der Waals surface area contributed by atoms with Gasteiger partial charge in [-0.3, -0.25) is 4.79 Å². The third-order valence-electron chi connectivity index (χ3n) is 3.55. The second kappa shape index (κ2) is 6.05. The van der Waals surface area contributed by atoms with Crippen LogP contribution in [0.25, 0.3) is 0 Å². The summed E-state index contributed by atoms with van der Waals surface area (Å²) in [5.74, 6) is 0.0924. The summed E-state index contributed by atoms with van der Waals surface area (Å²) in [6.07, 6.45) is 6.75. The van der Waals surface area contributed by atoms with Crippen LogP contribution in [0.3, 0.4) is 0 Å². The Bertz CT molecular complexity index is 394. The average Bonchev–Trinajstić information content (AvgIpc) is 2.99. The van der Waals surface area contributed by atoms with Gasteiger partial charge in [0.25, 0.3) is 5.91 Å². The fourth-order valence-corrected chi connectivity index (χ4v) is 2.41. The summed E-state index contributed by atoms with van der Waals surface area (Å²) in [5.41, 5.74) is 0.745. The number of aryl methyl sites for hydroxylation is 1. The molecule has 18 heavy (non-hydrogen) atoms. The van der Waals surface area contributed by atoms with Gasteiger partial charge in [-0.1, -0.05) is 0 Å². The normalized spacial score (nSPS) is 19.1. The first-order chi connectivity index (χ1) is 8.68. The molecule has 4 nitrogen and oxygen atoms in total. The number of carbonyl (C=O) groups excluding carboxylic acids is 1. The Hall–Kier alpha value is -1.29. The van der Waals surface area contributed by atoms with Crippen LogP contribution >= 0.6 is 0 Å². The maximum atomic E-state index is 12.1. The maximum Gasteiger partial charge on any atom is 0.270 e. The zero-order valence-corrected chi connectivity index (χ0v) is 11.3. The van der Waals surface area contributed by atoms with Crippen LogP contribution in [0.4, 0.5) is 0 Å². The topological polar surface area (TPSA) is 34.5 Å². The molecule has 1 aliphatic heterocycles. The van der Waals surface area contributed by atoms with Crippen LogP contribution < -0.4 is 0 Å². The summed E-state index contributed by atoms with van der Waals surface area (Å²) in [7, 11) is 3.76. The zero-order chi connectivity index (χ0) is 13.0. The van der Waals surface area contributed by atoms with E-state index in [9.17, 15) is 4.79 Å². The highest BCUT2D eigenvalue weighted by Gasteiger charge is 2.17. The van der Waals surface area contributed by atoms with Gasteiger partial charge < -0.3 is 14.2 Å². The molecule has 0 radical (unpaired) electrons. The molecule has 2 heterocycles. The third kappa shape index (κ3) is 3.13. The first kappa shape index (κ1) is 13.1. The van der Waals surface area contributed by atoms with E-state index in [0.717, 1.165) is 31.7 Å². The highest BCUT2D eigenvalue weighted by Crippen LogP contribution is 2.17. The predicted octanol–water partition coefficient (Wildman–Crippen LogP) is 2.06. The first-order valence-corrected chi connectivity index (χ1v) is 6.67. The van der Waals surface area contributed by atoms with E-state index in [1.165, 1.54) is 12.8 Å². The third-order valence-corrected chi connectivity index (χ3v) is 3.55. The number of hydrogen-bond acceptors (Lipinski definition) is 2. The fourth-order valence-electron chi connectivity index (χ4n) is 2.41. The molecular formula is C14H22N2O2. The summed E-state index contributed by atoms with van der Waals surface area (Å²) in [6.45, 7) is 1.70. The molecule has 1 amide bonds. The van der Waals surface area contributed by atoms with E-state index >= 15 is 0 Å². The SMILES string of the molecule is CN(CCCC1CCCO1)C(=O)c1cccn1C. The lowest BCUT2D eigenvalue weighted by molar-refractivity contribution is 0.0754. The number of amides is 1. The molecule has 1 aromatic rings. The Labute approximate surface area is 109 Å². The minimum absolute atomic E-state index is 0.0924. The van der Waals surface area contributed by atoms with Crippen LogP contribution in [0.2, 0.25) is 0 Å². The van der Waals surface area contributed by atoms with Crippen LogP contribution in [0.15, 0.2) is 18.3 Å². The summed E-state index contributed by atoms with van der Waals surface area (Å²) in [6, 6.07) is 3.76. The molecule has 1 saturated heterocycles. The molecule has 0 aliphatic carbocycles. The predicted molar refractivity (Wildman–Crippen MR) is 70.6 cm³/mol. The van der Waals surface area contributed by atoms with Crippen molar-refractivity contribution >= 4 is 5.91 Å². The second-order valence-corrected chi connectivity index (χ2v) is 5.01. The summed E-state index contributed by atoms with van der Waals surface area (Å²) in [5, 5.41) is 0. The van der Waals surface area contributed by atoms with Crippen molar-refractivity contribution in [3.05, 3.63) is 24.0 Å². The van der Waals surface area contributed by atoms with E-state index in [2.05, 4.69) is 0 Å². The van der Waals surface area contributed by atoms with E-state index in [1.807, 2.05) is 37.0 Å². The minimum atomic E-state index is 0.0924. The molecule has 0 N–H and O–H groups in total. The van der Waals surface area contributed by atoms with Gasteiger partial charge in [0.05, 0.1) is 6.10 Å². The number of aromatic nitrogens is 1. The monoisotopic (exact) mass is 250 g/mol. The number of rotatable bonds is 5. The lowest BCUT2D eigenvalue weighted by Gasteiger charge is -2.18. The molecule has 100 valence electrons. The van der Waals surface area contributed by atoms with Crippen LogP contribution in [0, 0.1) is 0 Å². The van der Waals surface area contributed by atoms with Crippen molar-refractivity contribution in [2.75, 3.05) is 20.2 Å². The van der Waals surface area contributed by atoms with E-state index in [1.54, 1.807) is 4.90 Å². The molecule has 1 unspecified atom stereocenters. The molecule has 1 aliphatic rings. The van der Waals surface area contributed by atoms with Crippen LogP contribution in [0.1, 0.15) is 36.2 Å². The largest absolute Gasteiger partial charge is 0.378 e. The van der Waals surface area contributed by atoms with Crippen molar-refractivity contribution < 1.29 is 9.53 Å². The van der Waals surface area contributed by atoms with Gasteiger partial charge in [-0.25, -0.2) is 0 Å². The maximum absolute atomic E-state index is 12.1. The minimum Gasteiger partial charge on any atom is -0.378 e. The Kier molecular flexibility index (Phi) is 4.42. The molecule has 0 spiro atoms. The van der Waals surface area contributed by atoms with Crippen LogP contribution in [-0.2, 0) is 11.8 Å². The Morgan fingerprint density at radius 1 is 1.61 bits per heavy atom. The summed E-state index contributed by atoms with van der Waals surface area (Å²) >= 11 is 0. The number of nitrogens with zero attached hydrogens (tertiary/aromatic N) is 2. The van der Waals surface area contributed by atoms with Gasteiger partial charge in [0, 0.05) is 33.4 Å². The summed E-state index contributed by atoms with van der Waals surface area (Å²) in [4.78, 5) is 13.9.